The van der Waals surface area contributed by atoms with Crippen molar-refractivity contribution in [1.29, 1.82) is 0 Å². The molecule has 4 heterocycles. The van der Waals surface area contributed by atoms with Gasteiger partial charge < -0.3 is 10.2 Å². The molecule has 0 atom stereocenters. The first-order valence-corrected chi connectivity index (χ1v) is 12.6. The number of aryl methyl sites for hydroxylation is 1. The average Bonchev–Trinajstić information content (AvgIpc) is 3.17. The number of amides is 1. The fraction of sp³-hybridized carbons (Fsp3) is 0.385. The van der Waals surface area contributed by atoms with E-state index < -0.39 is 0 Å². The maximum Gasteiger partial charge on any atom is 0.258 e. The molecule has 1 aromatic carbocycles. The van der Waals surface area contributed by atoms with Crippen LogP contribution in [0.1, 0.15) is 29.8 Å². The number of aromatic nitrogens is 2. The summed E-state index contributed by atoms with van der Waals surface area (Å²) >= 11 is 1.52. The number of pyridine rings is 1. The number of carbonyl (C=O) groups excluding carboxylic acids is 1. The van der Waals surface area contributed by atoms with Crippen LogP contribution in [-0.2, 0) is 11.3 Å². The Bertz CT molecular complexity index is 1150. The minimum Gasteiger partial charge on any atom is -0.352 e. The molecule has 1 fully saturated rings. The predicted molar refractivity (Wildman–Crippen MR) is 134 cm³/mol. The predicted octanol–water partition coefficient (Wildman–Crippen LogP) is 3.80. The van der Waals surface area contributed by atoms with Crippen molar-refractivity contribution in [3.05, 3.63) is 70.4 Å². The number of imidazole rings is 1. The fourth-order valence-electron chi connectivity index (χ4n) is 4.59. The number of nitrogens with zero attached hydrogens (tertiary/aromatic N) is 4. The Labute approximate surface area is 199 Å². The maximum atomic E-state index is 12.8. The highest BCUT2D eigenvalue weighted by Gasteiger charge is 2.21. The van der Waals surface area contributed by atoms with E-state index in [0.717, 1.165) is 79.1 Å². The van der Waals surface area contributed by atoms with Gasteiger partial charge in [-0.1, -0.05) is 48.2 Å². The van der Waals surface area contributed by atoms with Gasteiger partial charge in [0.05, 0.1) is 21.3 Å². The minimum absolute atomic E-state index is 0.0124. The first-order chi connectivity index (χ1) is 16.2. The van der Waals surface area contributed by atoms with Crippen LogP contribution in [0.5, 0.6) is 0 Å². The molecule has 2 aliphatic heterocycles. The molecule has 1 saturated heterocycles. The van der Waals surface area contributed by atoms with Crippen molar-refractivity contribution >= 4 is 29.4 Å². The van der Waals surface area contributed by atoms with Gasteiger partial charge in [0.2, 0.25) is 0 Å². The van der Waals surface area contributed by atoms with Crippen LogP contribution < -0.4 is 5.32 Å². The summed E-state index contributed by atoms with van der Waals surface area (Å²) in [6, 6.07) is 16.8. The largest absolute Gasteiger partial charge is 0.352 e. The smallest absolute Gasteiger partial charge is 0.258 e. The molecule has 3 aromatic rings. The Balaban J connectivity index is 1.02. The van der Waals surface area contributed by atoms with Gasteiger partial charge in [-0.3, -0.25) is 14.1 Å². The summed E-state index contributed by atoms with van der Waals surface area (Å²) in [5.74, 6) is 0.0124. The molecule has 0 radical (unpaired) electrons. The van der Waals surface area contributed by atoms with Crippen LogP contribution >= 0.6 is 11.8 Å². The Morgan fingerprint density at radius 3 is 2.61 bits per heavy atom. The number of thioether (sulfide) groups is 1. The third kappa shape index (κ3) is 5.16. The minimum atomic E-state index is 0.0124. The van der Waals surface area contributed by atoms with E-state index in [1.54, 1.807) is 0 Å². The number of hydrogen-bond acceptors (Lipinski definition) is 5. The SMILES string of the molecule is Cc1nc2cccc3n2c1C=C(C(=O)NCCCCN1CCN(Cc2ccccc2)CC1)S3. The molecule has 33 heavy (non-hydrogen) atoms. The van der Waals surface area contributed by atoms with Gasteiger partial charge in [-0.2, -0.15) is 0 Å². The van der Waals surface area contributed by atoms with Crippen LogP contribution in [0.2, 0.25) is 0 Å². The molecule has 7 heteroatoms. The summed E-state index contributed by atoms with van der Waals surface area (Å²) in [7, 11) is 0. The summed E-state index contributed by atoms with van der Waals surface area (Å²) < 4.78 is 2.12. The molecular formula is C26H31N5OS. The van der Waals surface area contributed by atoms with Gasteiger partial charge >= 0.3 is 0 Å². The van der Waals surface area contributed by atoms with Crippen LogP contribution in [0.4, 0.5) is 0 Å². The number of nitrogens with one attached hydrogen (secondary N) is 1. The number of rotatable bonds is 8. The number of hydrogen-bond donors (Lipinski definition) is 1. The van der Waals surface area contributed by atoms with Gasteiger partial charge in [-0.15, -0.1) is 0 Å². The van der Waals surface area contributed by atoms with Gasteiger partial charge in [0, 0.05) is 39.3 Å². The molecule has 6 nitrogen and oxygen atoms in total. The van der Waals surface area contributed by atoms with E-state index in [-0.39, 0.29) is 5.91 Å². The second kappa shape index (κ2) is 10.1. The highest BCUT2D eigenvalue weighted by molar-refractivity contribution is 8.04. The topological polar surface area (TPSA) is 52.9 Å². The number of carbonyl (C=O) groups is 1. The molecule has 0 bridgehead atoms. The van der Waals surface area contributed by atoms with Crippen LogP contribution in [0.25, 0.3) is 11.7 Å². The molecule has 0 spiro atoms. The van der Waals surface area contributed by atoms with Crippen molar-refractivity contribution < 1.29 is 4.79 Å². The van der Waals surface area contributed by atoms with Crippen molar-refractivity contribution in [3.63, 3.8) is 0 Å². The van der Waals surface area contributed by atoms with E-state index in [9.17, 15) is 4.79 Å². The van der Waals surface area contributed by atoms with E-state index in [1.165, 1.54) is 17.3 Å². The molecule has 2 aromatic heterocycles. The van der Waals surface area contributed by atoms with Gasteiger partial charge in [0.25, 0.3) is 5.91 Å². The second-order valence-corrected chi connectivity index (χ2v) is 9.88. The van der Waals surface area contributed by atoms with E-state index >= 15 is 0 Å². The molecule has 1 N–H and O–H groups in total. The normalized spacial score (nSPS) is 16.7. The Kier molecular flexibility index (Phi) is 6.80. The molecular weight excluding hydrogens is 430 g/mol. The van der Waals surface area contributed by atoms with E-state index in [0.29, 0.717) is 6.54 Å². The lowest BCUT2D eigenvalue weighted by Crippen LogP contribution is -2.46. The summed E-state index contributed by atoms with van der Waals surface area (Å²) in [6.07, 6.45) is 4.08. The number of unbranched alkanes of at least 4 members (excludes halogenated alkanes) is 1. The van der Waals surface area contributed by atoms with Crippen molar-refractivity contribution in [1.82, 2.24) is 24.5 Å². The quantitative estimate of drug-likeness (QED) is 0.517. The van der Waals surface area contributed by atoms with Gasteiger partial charge in [0.15, 0.2) is 0 Å². The zero-order valence-corrected chi connectivity index (χ0v) is 20.0. The molecule has 0 saturated carbocycles. The van der Waals surface area contributed by atoms with Crippen LogP contribution in [0.3, 0.4) is 0 Å². The number of piperazine rings is 1. The van der Waals surface area contributed by atoms with Crippen LogP contribution in [-0.4, -0.2) is 64.4 Å². The zero-order chi connectivity index (χ0) is 22.6. The Morgan fingerprint density at radius 2 is 1.79 bits per heavy atom. The molecule has 0 unspecified atom stereocenters. The monoisotopic (exact) mass is 461 g/mol. The zero-order valence-electron chi connectivity index (χ0n) is 19.2. The molecule has 2 aliphatic rings. The summed E-state index contributed by atoms with van der Waals surface area (Å²) in [4.78, 5) is 23.2. The lowest BCUT2D eigenvalue weighted by Gasteiger charge is -2.34. The average molecular weight is 462 g/mol. The Hall–Kier alpha value is -2.61. The second-order valence-electron chi connectivity index (χ2n) is 8.82. The Morgan fingerprint density at radius 1 is 1.00 bits per heavy atom. The molecule has 1 amide bonds. The first-order valence-electron chi connectivity index (χ1n) is 11.8. The molecule has 5 rings (SSSR count). The fourth-order valence-corrected chi connectivity index (χ4v) is 5.58. The highest BCUT2D eigenvalue weighted by Crippen LogP contribution is 2.35. The maximum absolute atomic E-state index is 12.8. The standard InChI is InChI=1S/C26H31N5OS/c1-20-22-18-23(33-25-11-7-10-24(28-20)31(22)25)26(32)27-12-5-6-13-29-14-16-30(17-15-29)19-21-8-3-2-4-9-21/h2-4,7-11,18H,5-6,12-17,19H2,1H3,(H,27,32). The lowest BCUT2D eigenvalue weighted by molar-refractivity contribution is -0.116. The van der Waals surface area contributed by atoms with Crippen molar-refractivity contribution in [2.24, 2.45) is 0 Å². The first kappa shape index (κ1) is 22.2. The summed E-state index contributed by atoms with van der Waals surface area (Å²) in [6.45, 7) is 9.36. The van der Waals surface area contributed by atoms with Gasteiger partial charge in [-0.05, 0) is 50.1 Å². The highest BCUT2D eigenvalue weighted by atomic mass is 32.2. The van der Waals surface area contributed by atoms with Gasteiger partial charge in [0.1, 0.15) is 5.65 Å². The third-order valence-corrected chi connectivity index (χ3v) is 7.49. The van der Waals surface area contributed by atoms with Crippen LogP contribution in [0.15, 0.2) is 58.5 Å². The van der Waals surface area contributed by atoms with E-state index in [1.807, 2.05) is 31.2 Å². The molecule has 0 aliphatic carbocycles. The van der Waals surface area contributed by atoms with Gasteiger partial charge in [-0.25, -0.2) is 4.98 Å². The lowest BCUT2D eigenvalue weighted by atomic mass is 10.2. The molecule has 172 valence electrons. The third-order valence-electron chi connectivity index (χ3n) is 6.43. The number of benzene rings is 1. The van der Waals surface area contributed by atoms with Crippen molar-refractivity contribution in [3.8, 4) is 0 Å². The van der Waals surface area contributed by atoms with E-state index in [2.05, 4.69) is 54.8 Å². The van der Waals surface area contributed by atoms with E-state index in [4.69, 9.17) is 0 Å². The van der Waals surface area contributed by atoms with Crippen molar-refractivity contribution in [2.75, 3.05) is 39.3 Å². The van der Waals surface area contributed by atoms with Crippen molar-refractivity contribution in [2.45, 2.75) is 31.3 Å². The van der Waals surface area contributed by atoms with Crippen LogP contribution in [0, 0.1) is 6.92 Å². The summed E-state index contributed by atoms with van der Waals surface area (Å²) in [5.41, 5.74) is 4.29. The summed E-state index contributed by atoms with van der Waals surface area (Å²) in [5, 5.41) is 4.16.